The average Bonchev–Trinajstić information content (AvgIpc) is 3.36. The Morgan fingerprint density at radius 1 is 0.951 bits per heavy atom. The molecule has 1 saturated carbocycles. The largest absolute Gasteiger partial charge is 0.473 e. The standard InChI is InChI=1S/C31H40N8O2/c1-4-32-28-19-27-26(20-33-28)31(23-7-5-22(6-8-23)21-38-17-15-36(2)16-18-38)35-39(27)24-9-11-25(12-10-24)41-29-13-14-30(40)37(3)34-29/h5-8,13-14,19-20,24-25H,4,9-12,15-18,21H2,1-3H3,(H,32,33). The number of hydrogen-bond acceptors (Lipinski definition) is 8. The van der Waals surface area contributed by atoms with E-state index in [0.717, 1.165) is 92.9 Å². The van der Waals surface area contributed by atoms with Crippen molar-refractivity contribution in [3.63, 3.8) is 0 Å². The van der Waals surface area contributed by atoms with Crippen LogP contribution in [0.4, 0.5) is 5.82 Å². The van der Waals surface area contributed by atoms with Crippen molar-refractivity contribution in [2.75, 3.05) is 45.1 Å². The van der Waals surface area contributed by atoms with Crippen LogP contribution in [-0.2, 0) is 13.6 Å². The lowest BCUT2D eigenvalue weighted by Crippen LogP contribution is -2.43. The predicted octanol–water partition coefficient (Wildman–Crippen LogP) is 3.93. The summed E-state index contributed by atoms with van der Waals surface area (Å²) in [7, 11) is 3.84. The molecule has 0 atom stereocenters. The monoisotopic (exact) mass is 556 g/mol. The summed E-state index contributed by atoms with van der Waals surface area (Å²) in [6, 6.07) is 14.5. The van der Waals surface area contributed by atoms with Crippen LogP contribution in [0.25, 0.3) is 22.2 Å². The number of fused-ring (bicyclic) bond motifs is 1. The minimum absolute atomic E-state index is 0.0735. The van der Waals surface area contributed by atoms with Crippen LogP contribution in [-0.4, -0.2) is 80.2 Å². The zero-order chi connectivity index (χ0) is 28.3. The molecular weight excluding hydrogens is 516 g/mol. The first-order valence-corrected chi connectivity index (χ1v) is 14.8. The topological polar surface area (TPSA) is 93.3 Å². The summed E-state index contributed by atoms with van der Waals surface area (Å²) >= 11 is 0. The second kappa shape index (κ2) is 12.0. The van der Waals surface area contributed by atoms with Gasteiger partial charge in [0.15, 0.2) is 0 Å². The van der Waals surface area contributed by atoms with Crippen molar-refractivity contribution in [1.29, 1.82) is 0 Å². The zero-order valence-electron chi connectivity index (χ0n) is 24.3. The number of piperazine rings is 1. The molecule has 10 heteroatoms. The molecule has 0 amide bonds. The first-order chi connectivity index (χ1) is 20.0. The molecule has 2 aliphatic rings. The molecule has 1 aliphatic carbocycles. The predicted molar refractivity (Wildman–Crippen MR) is 161 cm³/mol. The third-order valence-electron chi connectivity index (χ3n) is 8.39. The maximum absolute atomic E-state index is 11.7. The fraction of sp³-hybridized carbons (Fsp3) is 0.484. The summed E-state index contributed by atoms with van der Waals surface area (Å²) in [4.78, 5) is 21.3. The van der Waals surface area contributed by atoms with Crippen molar-refractivity contribution in [1.82, 2.24) is 34.3 Å². The third-order valence-corrected chi connectivity index (χ3v) is 8.39. The van der Waals surface area contributed by atoms with E-state index in [-0.39, 0.29) is 17.7 Å². The lowest BCUT2D eigenvalue weighted by atomic mass is 9.93. The Balaban J connectivity index is 1.21. The van der Waals surface area contributed by atoms with Crippen LogP contribution in [0.5, 0.6) is 5.88 Å². The van der Waals surface area contributed by atoms with Gasteiger partial charge < -0.3 is 15.0 Å². The average molecular weight is 557 g/mol. The molecule has 0 unspecified atom stereocenters. The molecule has 216 valence electrons. The number of likely N-dealkylation sites (N-methyl/N-ethyl adjacent to an activating group) is 1. The number of benzene rings is 1. The van der Waals surface area contributed by atoms with E-state index in [4.69, 9.17) is 9.84 Å². The van der Waals surface area contributed by atoms with Gasteiger partial charge >= 0.3 is 0 Å². The minimum Gasteiger partial charge on any atom is -0.473 e. The van der Waals surface area contributed by atoms with E-state index < -0.39 is 0 Å². The molecule has 4 aromatic rings. The lowest BCUT2D eigenvalue weighted by molar-refractivity contribution is 0.123. The van der Waals surface area contributed by atoms with E-state index >= 15 is 0 Å². The van der Waals surface area contributed by atoms with Gasteiger partial charge in [0.1, 0.15) is 17.6 Å². The SMILES string of the molecule is CCNc1cc2c(cn1)c(-c1ccc(CN3CCN(C)CC3)cc1)nn2C1CCC(Oc2ccc(=O)n(C)n2)CC1. The molecule has 1 aliphatic heterocycles. The summed E-state index contributed by atoms with van der Waals surface area (Å²) < 4.78 is 9.66. The molecule has 2 fully saturated rings. The van der Waals surface area contributed by atoms with Gasteiger partial charge in [-0.05, 0) is 45.2 Å². The highest BCUT2D eigenvalue weighted by Crippen LogP contribution is 2.36. The Hall–Kier alpha value is -3.76. The van der Waals surface area contributed by atoms with E-state index in [1.54, 1.807) is 13.1 Å². The van der Waals surface area contributed by atoms with Crippen LogP contribution in [0, 0.1) is 0 Å². The van der Waals surface area contributed by atoms with Crippen molar-refractivity contribution in [2.24, 2.45) is 7.05 Å². The van der Waals surface area contributed by atoms with E-state index in [1.165, 1.54) is 16.3 Å². The van der Waals surface area contributed by atoms with Gasteiger partial charge in [-0.1, -0.05) is 24.3 Å². The smallest absolute Gasteiger partial charge is 0.266 e. The number of anilines is 1. The molecule has 1 N–H and O–H groups in total. The molecule has 0 radical (unpaired) electrons. The van der Waals surface area contributed by atoms with Gasteiger partial charge in [-0.3, -0.25) is 14.4 Å². The minimum atomic E-state index is -0.140. The second-order valence-corrected chi connectivity index (χ2v) is 11.4. The van der Waals surface area contributed by atoms with E-state index in [9.17, 15) is 4.79 Å². The van der Waals surface area contributed by atoms with Gasteiger partial charge in [-0.15, -0.1) is 5.10 Å². The molecule has 10 nitrogen and oxygen atoms in total. The van der Waals surface area contributed by atoms with Gasteiger partial charge in [0.25, 0.3) is 5.56 Å². The Morgan fingerprint density at radius 3 is 2.41 bits per heavy atom. The van der Waals surface area contributed by atoms with Crippen molar-refractivity contribution in [2.45, 2.75) is 51.3 Å². The van der Waals surface area contributed by atoms with Gasteiger partial charge in [-0.25, -0.2) is 9.67 Å². The molecule has 3 aromatic heterocycles. The first-order valence-electron chi connectivity index (χ1n) is 14.8. The highest BCUT2D eigenvalue weighted by Gasteiger charge is 2.27. The fourth-order valence-electron chi connectivity index (χ4n) is 5.96. The number of ether oxygens (including phenoxy) is 1. The van der Waals surface area contributed by atoms with Crippen molar-refractivity contribution in [3.05, 3.63) is 64.6 Å². The van der Waals surface area contributed by atoms with E-state index in [1.807, 2.05) is 6.20 Å². The molecule has 0 spiro atoms. The van der Waals surface area contributed by atoms with Gasteiger partial charge in [0, 0.05) is 81.7 Å². The van der Waals surface area contributed by atoms with Crippen LogP contribution in [0.1, 0.15) is 44.2 Å². The Kier molecular flexibility index (Phi) is 8.02. The number of rotatable bonds is 8. The third kappa shape index (κ3) is 6.13. The van der Waals surface area contributed by atoms with Crippen LogP contribution in [0.2, 0.25) is 0 Å². The molecular formula is C31H40N8O2. The molecule has 0 bridgehead atoms. The normalized spacial score (nSPS) is 20.4. The first kappa shape index (κ1) is 27.4. The Labute approximate surface area is 240 Å². The van der Waals surface area contributed by atoms with Gasteiger partial charge in [-0.2, -0.15) is 5.10 Å². The van der Waals surface area contributed by atoms with Crippen LogP contribution >= 0.6 is 0 Å². The summed E-state index contributed by atoms with van der Waals surface area (Å²) in [5.74, 6) is 1.37. The highest BCUT2D eigenvalue weighted by atomic mass is 16.5. The van der Waals surface area contributed by atoms with Crippen molar-refractivity contribution in [3.8, 4) is 17.1 Å². The highest BCUT2D eigenvalue weighted by molar-refractivity contribution is 5.94. The molecule has 41 heavy (non-hydrogen) atoms. The number of nitrogens with one attached hydrogen (secondary N) is 1. The number of pyridine rings is 1. The maximum atomic E-state index is 11.7. The lowest BCUT2D eigenvalue weighted by Gasteiger charge is -2.32. The molecule has 1 aromatic carbocycles. The van der Waals surface area contributed by atoms with Crippen LogP contribution < -0.4 is 15.6 Å². The number of aromatic nitrogens is 5. The van der Waals surface area contributed by atoms with Crippen LogP contribution in [0.3, 0.4) is 0 Å². The quantitative estimate of drug-likeness (QED) is 0.349. The summed E-state index contributed by atoms with van der Waals surface area (Å²) in [6.07, 6.45) is 5.75. The summed E-state index contributed by atoms with van der Waals surface area (Å²) in [5.41, 5.74) is 4.40. The van der Waals surface area contributed by atoms with Crippen LogP contribution in [0.15, 0.2) is 53.5 Å². The number of hydrogen-bond donors (Lipinski definition) is 1. The Bertz CT molecular complexity index is 1530. The number of aryl methyl sites for hydroxylation is 1. The molecule has 6 rings (SSSR count). The maximum Gasteiger partial charge on any atom is 0.266 e. The fourth-order valence-corrected chi connectivity index (χ4v) is 5.96. The second-order valence-electron chi connectivity index (χ2n) is 11.4. The van der Waals surface area contributed by atoms with E-state index in [2.05, 4.69) is 74.2 Å². The van der Waals surface area contributed by atoms with Crippen molar-refractivity contribution >= 4 is 16.7 Å². The molecule has 1 saturated heterocycles. The number of nitrogens with zero attached hydrogens (tertiary/aromatic N) is 7. The summed E-state index contributed by atoms with van der Waals surface area (Å²) in [6.45, 7) is 8.36. The Morgan fingerprint density at radius 2 is 1.71 bits per heavy atom. The van der Waals surface area contributed by atoms with Gasteiger partial charge in [0.2, 0.25) is 5.88 Å². The van der Waals surface area contributed by atoms with Crippen molar-refractivity contribution < 1.29 is 4.74 Å². The molecule has 4 heterocycles. The van der Waals surface area contributed by atoms with E-state index in [0.29, 0.717) is 5.88 Å². The van der Waals surface area contributed by atoms with Gasteiger partial charge in [0.05, 0.1) is 11.6 Å². The summed E-state index contributed by atoms with van der Waals surface area (Å²) in [5, 5.41) is 13.9. The zero-order valence-corrected chi connectivity index (χ0v) is 24.3.